The molecule has 1 fully saturated rings. The summed E-state index contributed by atoms with van der Waals surface area (Å²) < 4.78 is 0. The van der Waals surface area contributed by atoms with Gasteiger partial charge in [-0.15, -0.1) is 0 Å². The molecule has 100 valence electrons. The number of benzene rings is 1. The first kappa shape index (κ1) is 13.4. The van der Waals surface area contributed by atoms with Crippen molar-refractivity contribution in [1.29, 1.82) is 0 Å². The summed E-state index contributed by atoms with van der Waals surface area (Å²) in [5, 5.41) is 0. The summed E-state index contributed by atoms with van der Waals surface area (Å²) in [4.78, 5) is 2.61. The molecule has 0 amide bonds. The largest absolute Gasteiger partial charge is 0.399 e. The Hall–Kier alpha value is -1.02. The summed E-state index contributed by atoms with van der Waals surface area (Å²) >= 11 is 0. The maximum absolute atomic E-state index is 5.69. The van der Waals surface area contributed by atoms with Crippen LogP contribution in [0.3, 0.4) is 0 Å². The van der Waals surface area contributed by atoms with E-state index in [0.717, 1.165) is 5.69 Å². The minimum Gasteiger partial charge on any atom is -0.399 e. The van der Waals surface area contributed by atoms with Crippen molar-refractivity contribution < 1.29 is 0 Å². The predicted molar refractivity (Wildman–Crippen MR) is 78.6 cm³/mol. The van der Waals surface area contributed by atoms with Crippen molar-refractivity contribution in [3.05, 3.63) is 29.8 Å². The van der Waals surface area contributed by atoms with Gasteiger partial charge in [-0.3, -0.25) is 0 Å². The molecule has 1 aromatic carbocycles. The number of hydrogen-bond acceptors (Lipinski definition) is 2. The number of piperidine rings is 1. The molecule has 0 bridgehead atoms. The lowest BCUT2D eigenvalue weighted by Crippen LogP contribution is -2.37. The minimum absolute atomic E-state index is 0.563. The fourth-order valence-corrected chi connectivity index (χ4v) is 2.57. The van der Waals surface area contributed by atoms with Crippen LogP contribution in [0.5, 0.6) is 0 Å². The van der Waals surface area contributed by atoms with E-state index in [9.17, 15) is 0 Å². The van der Waals surface area contributed by atoms with Gasteiger partial charge in [-0.2, -0.15) is 0 Å². The molecular formula is C16H26N2. The molecule has 1 aliphatic heterocycles. The van der Waals surface area contributed by atoms with Crippen LogP contribution in [-0.2, 0) is 6.42 Å². The summed E-state index contributed by atoms with van der Waals surface area (Å²) in [5.41, 5.74) is 8.51. The number of nitrogens with zero attached hydrogens (tertiary/aromatic N) is 1. The van der Waals surface area contributed by atoms with Crippen LogP contribution in [0.2, 0.25) is 0 Å². The van der Waals surface area contributed by atoms with Gasteiger partial charge in [0, 0.05) is 5.69 Å². The third-order valence-electron chi connectivity index (χ3n) is 4.13. The zero-order chi connectivity index (χ0) is 13.0. The fourth-order valence-electron chi connectivity index (χ4n) is 2.57. The minimum atomic E-state index is 0.563. The highest BCUT2D eigenvalue weighted by Gasteiger charge is 2.24. The lowest BCUT2D eigenvalue weighted by atomic mass is 9.82. The topological polar surface area (TPSA) is 29.3 Å². The monoisotopic (exact) mass is 246 g/mol. The molecule has 0 saturated carbocycles. The van der Waals surface area contributed by atoms with Crippen molar-refractivity contribution in [3.8, 4) is 0 Å². The van der Waals surface area contributed by atoms with Gasteiger partial charge in [-0.1, -0.05) is 26.0 Å². The van der Waals surface area contributed by atoms with Crippen LogP contribution in [-0.4, -0.2) is 24.5 Å². The summed E-state index contributed by atoms with van der Waals surface area (Å²) in [7, 11) is 0. The highest BCUT2D eigenvalue weighted by molar-refractivity contribution is 5.39. The Morgan fingerprint density at radius 2 is 1.72 bits per heavy atom. The fraction of sp³-hybridized carbons (Fsp3) is 0.625. The molecule has 0 aliphatic carbocycles. The van der Waals surface area contributed by atoms with Crippen molar-refractivity contribution in [2.24, 2.45) is 5.41 Å². The number of rotatable bonds is 4. The molecule has 0 spiro atoms. The van der Waals surface area contributed by atoms with Crippen molar-refractivity contribution in [2.45, 2.75) is 39.5 Å². The van der Waals surface area contributed by atoms with Gasteiger partial charge in [0.1, 0.15) is 0 Å². The summed E-state index contributed by atoms with van der Waals surface area (Å²) in [6.07, 6.45) is 5.11. The molecule has 2 heteroatoms. The molecule has 2 rings (SSSR count). The third kappa shape index (κ3) is 4.02. The van der Waals surface area contributed by atoms with E-state index in [0.29, 0.717) is 5.41 Å². The van der Waals surface area contributed by atoms with Crippen molar-refractivity contribution >= 4 is 5.69 Å². The summed E-state index contributed by atoms with van der Waals surface area (Å²) in [5.74, 6) is 0. The lowest BCUT2D eigenvalue weighted by molar-refractivity contribution is 0.132. The molecular weight excluding hydrogens is 220 g/mol. The van der Waals surface area contributed by atoms with E-state index < -0.39 is 0 Å². The highest BCUT2D eigenvalue weighted by atomic mass is 15.1. The maximum Gasteiger partial charge on any atom is 0.0314 e. The van der Waals surface area contributed by atoms with Crippen LogP contribution in [0.1, 0.15) is 38.7 Å². The Balaban J connectivity index is 1.68. The van der Waals surface area contributed by atoms with E-state index in [1.54, 1.807) is 0 Å². The molecule has 2 N–H and O–H groups in total. The normalized spacial score (nSPS) is 19.9. The molecule has 0 radical (unpaired) electrons. The van der Waals surface area contributed by atoms with Crippen LogP contribution in [0.4, 0.5) is 5.69 Å². The molecule has 1 saturated heterocycles. The van der Waals surface area contributed by atoms with Gasteiger partial charge in [-0.05, 0) is 68.4 Å². The smallest absolute Gasteiger partial charge is 0.0314 e. The van der Waals surface area contributed by atoms with Crippen LogP contribution < -0.4 is 5.73 Å². The number of anilines is 1. The van der Waals surface area contributed by atoms with E-state index in [-0.39, 0.29) is 0 Å². The van der Waals surface area contributed by atoms with Crippen molar-refractivity contribution in [1.82, 2.24) is 4.90 Å². The number of nitrogen functional groups attached to an aromatic ring is 1. The van der Waals surface area contributed by atoms with Crippen LogP contribution in [0.15, 0.2) is 24.3 Å². The van der Waals surface area contributed by atoms with Gasteiger partial charge in [-0.25, -0.2) is 0 Å². The first-order valence-electron chi connectivity index (χ1n) is 7.12. The number of aryl methyl sites for hydroxylation is 1. The van der Waals surface area contributed by atoms with E-state index in [4.69, 9.17) is 5.73 Å². The van der Waals surface area contributed by atoms with Gasteiger partial charge in [0.2, 0.25) is 0 Å². The van der Waals surface area contributed by atoms with Gasteiger partial charge in [0.15, 0.2) is 0 Å². The molecule has 1 heterocycles. The Morgan fingerprint density at radius 3 is 2.33 bits per heavy atom. The SMILES string of the molecule is CC1(C)CCN(CCCc2ccc(N)cc2)CC1. The van der Waals surface area contributed by atoms with Gasteiger partial charge in [0.25, 0.3) is 0 Å². The van der Waals surface area contributed by atoms with Crippen molar-refractivity contribution in [3.63, 3.8) is 0 Å². The maximum atomic E-state index is 5.69. The number of likely N-dealkylation sites (tertiary alicyclic amines) is 1. The molecule has 0 unspecified atom stereocenters. The Kier molecular flexibility index (Phi) is 4.28. The second kappa shape index (κ2) is 5.75. The molecule has 1 aliphatic rings. The third-order valence-corrected chi connectivity index (χ3v) is 4.13. The average molecular weight is 246 g/mol. The average Bonchev–Trinajstić information content (AvgIpc) is 2.34. The Labute approximate surface area is 111 Å². The molecule has 18 heavy (non-hydrogen) atoms. The van der Waals surface area contributed by atoms with Crippen LogP contribution in [0.25, 0.3) is 0 Å². The lowest BCUT2D eigenvalue weighted by Gasteiger charge is -2.36. The Bertz CT molecular complexity index is 357. The highest BCUT2D eigenvalue weighted by Crippen LogP contribution is 2.29. The van der Waals surface area contributed by atoms with Crippen LogP contribution >= 0.6 is 0 Å². The van der Waals surface area contributed by atoms with E-state index in [1.165, 1.54) is 50.9 Å². The number of nitrogens with two attached hydrogens (primary N) is 1. The molecule has 2 nitrogen and oxygen atoms in total. The van der Waals surface area contributed by atoms with E-state index >= 15 is 0 Å². The van der Waals surface area contributed by atoms with E-state index in [1.807, 2.05) is 12.1 Å². The zero-order valence-electron chi connectivity index (χ0n) is 11.8. The molecule has 1 aromatic rings. The second-order valence-electron chi connectivity index (χ2n) is 6.35. The first-order valence-corrected chi connectivity index (χ1v) is 7.12. The van der Waals surface area contributed by atoms with Gasteiger partial charge >= 0.3 is 0 Å². The quantitative estimate of drug-likeness (QED) is 0.826. The standard InChI is InChI=1S/C16H26N2/c1-16(2)9-12-18(13-10-16)11-3-4-14-5-7-15(17)8-6-14/h5-8H,3-4,9-13,17H2,1-2H3. The summed E-state index contributed by atoms with van der Waals surface area (Å²) in [6, 6.07) is 8.29. The predicted octanol–water partition coefficient (Wildman–Crippen LogP) is 3.32. The first-order chi connectivity index (χ1) is 8.55. The molecule has 0 atom stereocenters. The number of hydrogen-bond donors (Lipinski definition) is 1. The Morgan fingerprint density at radius 1 is 1.11 bits per heavy atom. The van der Waals surface area contributed by atoms with Crippen molar-refractivity contribution in [2.75, 3.05) is 25.4 Å². The van der Waals surface area contributed by atoms with Gasteiger partial charge in [0.05, 0.1) is 0 Å². The summed E-state index contributed by atoms with van der Waals surface area (Å²) in [6.45, 7) is 8.56. The molecule has 0 aromatic heterocycles. The van der Waals surface area contributed by atoms with Crippen LogP contribution in [0, 0.1) is 5.41 Å². The van der Waals surface area contributed by atoms with Gasteiger partial charge < -0.3 is 10.6 Å². The second-order valence-corrected chi connectivity index (χ2v) is 6.35. The zero-order valence-corrected chi connectivity index (χ0v) is 11.8. The van der Waals surface area contributed by atoms with E-state index in [2.05, 4.69) is 30.9 Å².